The molecule has 0 heterocycles. The van der Waals surface area contributed by atoms with Gasteiger partial charge in [0.1, 0.15) is 0 Å². The van der Waals surface area contributed by atoms with Gasteiger partial charge in [-0.25, -0.2) is 8.42 Å². The predicted molar refractivity (Wildman–Crippen MR) is 116 cm³/mol. The van der Waals surface area contributed by atoms with Crippen molar-refractivity contribution >= 4 is 9.84 Å². The fraction of sp³-hybridized carbons (Fsp3) is 1.00. The lowest BCUT2D eigenvalue weighted by Gasteiger charge is -2.40. The predicted octanol–water partition coefficient (Wildman–Crippen LogP) is 6.78. The van der Waals surface area contributed by atoms with Gasteiger partial charge in [-0.2, -0.15) is 0 Å². The number of rotatable bonds is 7. The van der Waals surface area contributed by atoms with Gasteiger partial charge in [-0.15, -0.1) is 0 Å². The normalized spacial score (nSPS) is 34.0. The lowest BCUT2D eigenvalue weighted by molar-refractivity contribution is 0.113. The zero-order valence-electron chi connectivity index (χ0n) is 18.0. The Labute approximate surface area is 169 Å². The van der Waals surface area contributed by atoms with Gasteiger partial charge in [-0.05, 0) is 69.1 Å². The van der Waals surface area contributed by atoms with Crippen LogP contribution in [0.1, 0.15) is 110 Å². The smallest absolute Gasteiger partial charge is 0.152 e. The second-order valence-corrected chi connectivity index (χ2v) is 13.1. The molecule has 0 aromatic carbocycles. The summed E-state index contributed by atoms with van der Waals surface area (Å²) in [6.07, 6.45) is 21.1. The molecule has 0 spiro atoms. The molecule has 27 heavy (non-hydrogen) atoms. The van der Waals surface area contributed by atoms with Gasteiger partial charge in [0.2, 0.25) is 0 Å². The molecule has 2 unspecified atom stereocenters. The first-order chi connectivity index (χ1) is 13.0. The van der Waals surface area contributed by atoms with Crippen LogP contribution in [-0.2, 0) is 9.84 Å². The van der Waals surface area contributed by atoms with Crippen molar-refractivity contribution in [1.82, 2.24) is 0 Å². The summed E-state index contributed by atoms with van der Waals surface area (Å²) in [6.45, 7) is 3.65. The minimum atomic E-state index is -2.86. The van der Waals surface area contributed by atoms with Gasteiger partial charge in [-0.1, -0.05) is 70.6 Å². The lowest BCUT2D eigenvalue weighted by atomic mass is 9.66. The summed E-state index contributed by atoms with van der Waals surface area (Å²) in [5.74, 6) is 4.81. The molecule has 2 nitrogen and oxygen atoms in total. The molecule has 0 N–H and O–H groups in total. The Bertz CT molecular complexity index is 525. The summed E-state index contributed by atoms with van der Waals surface area (Å²) in [5, 5.41) is -0.210. The first-order valence-electron chi connectivity index (χ1n) is 12.2. The van der Waals surface area contributed by atoms with Crippen LogP contribution in [0.5, 0.6) is 0 Å². The van der Waals surface area contributed by atoms with E-state index in [1.54, 1.807) is 0 Å². The van der Waals surface area contributed by atoms with Crippen molar-refractivity contribution in [2.45, 2.75) is 115 Å². The molecule has 3 saturated carbocycles. The third kappa shape index (κ3) is 6.21. The van der Waals surface area contributed by atoms with E-state index in [0.717, 1.165) is 36.5 Å². The largest absolute Gasteiger partial charge is 0.229 e. The van der Waals surface area contributed by atoms with Crippen LogP contribution in [-0.4, -0.2) is 19.4 Å². The van der Waals surface area contributed by atoms with E-state index in [-0.39, 0.29) is 5.25 Å². The Hall–Kier alpha value is -0.0500. The summed E-state index contributed by atoms with van der Waals surface area (Å²) in [5.41, 5.74) is 0. The van der Waals surface area contributed by atoms with Crippen LogP contribution in [0, 0.1) is 29.6 Å². The number of hydrogen-bond acceptors (Lipinski definition) is 2. The minimum Gasteiger partial charge on any atom is -0.229 e. The lowest BCUT2D eigenvalue weighted by Crippen LogP contribution is -2.29. The molecule has 3 heteroatoms. The van der Waals surface area contributed by atoms with E-state index in [9.17, 15) is 8.42 Å². The van der Waals surface area contributed by atoms with Crippen LogP contribution in [0.3, 0.4) is 0 Å². The van der Waals surface area contributed by atoms with Gasteiger partial charge in [0.25, 0.3) is 0 Å². The van der Waals surface area contributed by atoms with Gasteiger partial charge < -0.3 is 0 Å². The van der Waals surface area contributed by atoms with Crippen molar-refractivity contribution in [3.05, 3.63) is 0 Å². The summed E-state index contributed by atoms with van der Waals surface area (Å²) in [4.78, 5) is 0. The molecular weight excluding hydrogens is 352 g/mol. The average Bonchev–Trinajstić information content (AvgIpc) is 2.68. The Morgan fingerprint density at radius 1 is 0.704 bits per heavy atom. The van der Waals surface area contributed by atoms with E-state index < -0.39 is 9.84 Å². The Morgan fingerprint density at radius 2 is 1.30 bits per heavy atom. The molecule has 3 aliphatic rings. The highest BCUT2D eigenvalue weighted by Crippen LogP contribution is 2.44. The molecule has 3 aliphatic carbocycles. The molecule has 0 saturated heterocycles. The van der Waals surface area contributed by atoms with Gasteiger partial charge >= 0.3 is 0 Å². The van der Waals surface area contributed by atoms with Gasteiger partial charge in [-0.3, -0.25) is 0 Å². The van der Waals surface area contributed by atoms with Crippen LogP contribution >= 0.6 is 0 Å². The fourth-order valence-corrected chi connectivity index (χ4v) is 7.81. The molecule has 0 amide bonds. The quantitative estimate of drug-likeness (QED) is 0.475. The van der Waals surface area contributed by atoms with E-state index in [0.29, 0.717) is 11.7 Å². The third-order valence-electron chi connectivity index (χ3n) is 8.32. The Kier molecular flexibility index (Phi) is 8.12. The third-order valence-corrected chi connectivity index (χ3v) is 10.7. The van der Waals surface area contributed by atoms with Crippen molar-refractivity contribution in [3.8, 4) is 0 Å². The van der Waals surface area contributed by atoms with E-state index in [1.165, 1.54) is 83.5 Å². The maximum absolute atomic E-state index is 12.2. The van der Waals surface area contributed by atoms with Crippen LogP contribution in [0.4, 0.5) is 0 Å². The summed E-state index contributed by atoms with van der Waals surface area (Å²) in [7, 11) is -2.86. The first-order valence-corrected chi connectivity index (χ1v) is 13.9. The molecule has 0 radical (unpaired) electrons. The Morgan fingerprint density at radius 3 is 1.96 bits per heavy atom. The van der Waals surface area contributed by atoms with Crippen LogP contribution in [0.25, 0.3) is 0 Å². The summed E-state index contributed by atoms with van der Waals surface area (Å²) >= 11 is 0. The van der Waals surface area contributed by atoms with Crippen molar-refractivity contribution in [2.24, 2.45) is 29.6 Å². The zero-order chi connectivity index (χ0) is 19.3. The van der Waals surface area contributed by atoms with Gasteiger partial charge in [0.15, 0.2) is 9.84 Å². The van der Waals surface area contributed by atoms with E-state index in [1.807, 2.05) is 13.8 Å². The minimum absolute atomic E-state index is 0.210. The molecule has 3 rings (SSSR count). The second kappa shape index (κ2) is 10.1. The average molecular weight is 397 g/mol. The molecule has 0 aliphatic heterocycles. The maximum Gasteiger partial charge on any atom is 0.152 e. The first kappa shape index (κ1) is 21.7. The second-order valence-electron chi connectivity index (χ2n) is 10.4. The van der Waals surface area contributed by atoms with E-state index in [2.05, 4.69) is 0 Å². The molecule has 3 fully saturated rings. The monoisotopic (exact) mass is 396 g/mol. The fourth-order valence-electron chi connectivity index (χ4n) is 6.44. The maximum atomic E-state index is 12.2. The number of hydrogen-bond donors (Lipinski definition) is 0. The molecule has 0 aromatic rings. The van der Waals surface area contributed by atoms with Crippen molar-refractivity contribution < 1.29 is 8.42 Å². The molecule has 158 valence electrons. The van der Waals surface area contributed by atoms with Gasteiger partial charge in [0.05, 0.1) is 11.0 Å². The van der Waals surface area contributed by atoms with Crippen molar-refractivity contribution in [2.75, 3.05) is 5.75 Å². The summed E-state index contributed by atoms with van der Waals surface area (Å²) < 4.78 is 24.4. The van der Waals surface area contributed by atoms with Gasteiger partial charge in [0, 0.05) is 0 Å². The summed E-state index contributed by atoms with van der Waals surface area (Å²) in [6, 6.07) is 0. The zero-order valence-corrected chi connectivity index (χ0v) is 18.8. The van der Waals surface area contributed by atoms with E-state index in [4.69, 9.17) is 0 Å². The molecule has 0 aromatic heterocycles. The van der Waals surface area contributed by atoms with Crippen molar-refractivity contribution in [3.63, 3.8) is 0 Å². The molecular formula is C24H44O2S. The standard InChI is InChI=1S/C24H44O2S/c1-19(2)27(25,26)18-21-14-12-20(13-15-21)16-17-23-10-6-7-11-24(23)22-8-4-3-5-9-22/h19-24H,3-18H2,1-2H3. The van der Waals surface area contributed by atoms with Crippen molar-refractivity contribution in [1.29, 1.82) is 0 Å². The Balaban J connectivity index is 1.42. The molecule has 0 bridgehead atoms. The highest BCUT2D eigenvalue weighted by Gasteiger charge is 2.33. The highest BCUT2D eigenvalue weighted by atomic mass is 32.2. The highest BCUT2D eigenvalue weighted by molar-refractivity contribution is 7.91. The molecule has 2 atom stereocenters. The van der Waals surface area contributed by atoms with Crippen LogP contribution in [0.2, 0.25) is 0 Å². The SMILES string of the molecule is CC(C)S(=O)(=O)CC1CCC(CCC2CCCCC2C2CCCCC2)CC1. The topological polar surface area (TPSA) is 34.1 Å². The van der Waals surface area contributed by atoms with E-state index >= 15 is 0 Å². The number of sulfone groups is 1. The van der Waals surface area contributed by atoms with Crippen LogP contribution in [0.15, 0.2) is 0 Å². The van der Waals surface area contributed by atoms with Crippen LogP contribution < -0.4 is 0 Å².